The van der Waals surface area contributed by atoms with Gasteiger partial charge >= 0.3 is 5.82 Å². The van der Waals surface area contributed by atoms with E-state index in [9.17, 15) is 10.1 Å². The van der Waals surface area contributed by atoms with Crippen molar-refractivity contribution in [3.8, 4) is 0 Å². The molecule has 8 nitrogen and oxygen atoms in total. The van der Waals surface area contributed by atoms with Crippen molar-refractivity contribution in [2.75, 3.05) is 14.1 Å². The van der Waals surface area contributed by atoms with Crippen LogP contribution in [0.1, 0.15) is 0 Å². The molecule has 68 valence electrons. The Bertz CT molecular complexity index is 208. The van der Waals surface area contributed by atoms with Gasteiger partial charge < -0.3 is 10.1 Å². The third-order valence-corrected chi connectivity index (χ3v) is 0.787. The summed E-state index contributed by atoms with van der Waals surface area (Å²) in [6.07, 6.45) is 0.931. The zero-order chi connectivity index (χ0) is 9.40. The molecule has 0 saturated carbocycles. The summed E-state index contributed by atoms with van der Waals surface area (Å²) < 4.78 is 3.93. The first-order valence-corrected chi connectivity index (χ1v) is 2.97. The lowest BCUT2D eigenvalue weighted by Gasteiger charge is -1.81. The first-order chi connectivity index (χ1) is 5.72. The maximum absolute atomic E-state index is 9.71. The first-order valence-electron chi connectivity index (χ1n) is 2.97. The summed E-state index contributed by atoms with van der Waals surface area (Å²) >= 11 is 0. The van der Waals surface area contributed by atoms with Gasteiger partial charge in [-0.05, 0) is 24.2 Å². The van der Waals surface area contributed by atoms with Crippen LogP contribution in [-0.2, 0) is 0 Å². The van der Waals surface area contributed by atoms with Crippen molar-refractivity contribution >= 4 is 5.82 Å². The van der Waals surface area contributed by atoms with Crippen LogP contribution in [0, 0.1) is 10.1 Å². The zero-order valence-corrected chi connectivity index (χ0v) is 6.64. The summed E-state index contributed by atoms with van der Waals surface area (Å²) in [7, 11) is 3.64. The summed E-state index contributed by atoms with van der Waals surface area (Å²) in [5.74, 6) is -0.370. The Kier molecular flexibility index (Phi) is 5.39. The van der Waals surface area contributed by atoms with E-state index >= 15 is 0 Å². The third kappa shape index (κ3) is 4.30. The highest BCUT2D eigenvalue weighted by molar-refractivity contribution is 5.05. The topological polar surface area (TPSA) is 106 Å². The molecule has 0 radical (unpaired) electrons. The number of aromatic nitrogens is 2. The average molecular weight is 175 g/mol. The molecule has 0 atom stereocenters. The predicted molar refractivity (Wildman–Crippen MR) is 39.1 cm³/mol. The number of rotatable bonds is 2. The van der Waals surface area contributed by atoms with Crippen molar-refractivity contribution in [3.05, 3.63) is 16.3 Å². The average Bonchev–Trinajstić information content (AvgIpc) is 2.57. The van der Waals surface area contributed by atoms with Crippen molar-refractivity contribution in [3.63, 3.8) is 0 Å². The molecule has 2 N–H and O–H groups in total. The number of hydrogen-bond donors (Lipinski definition) is 2. The molecule has 0 unspecified atom stereocenters. The Balaban J connectivity index is 0.000000261. The largest absolute Gasteiger partial charge is 0.434 e. The van der Waals surface area contributed by atoms with E-state index in [1.807, 2.05) is 14.1 Å². The van der Waals surface area contributed by atoms with Gasteiger partial charge in [0.05, 0.1) is 0 Å². The Morgan fingerprint density at radius 1 is 1.58 bits per heavy atom. The van der Waals surface area contributed by atoms with Crippen molar-refractivity contribution in [1.82, 2.24) is 21.2 Å². The molecule has 0 aliphatic heterocycles. The molecular formula is C4H9N5O3. The van der Waals surface area contributed by atoms with Crippen LogP contribution >= 0.6 is 0 Å². The molecule has 0 aliphatic carbocycles. The summed E-state index contributed by atoms with van der Waals surface area (Å²) in [4.78, 5) is 9.02. The molecule has 0 aromatic carbocycles. The summed E-state index contributed by atoms with van der Waals surface area (Å²) in [5.41, 5.74) is 5.36. The molecule has 0 fully saturated rings. The van der Waals surface area contributed by atoms with Gasteiger partial charge in [0.15, 0.2) is 11.4 Å². The van der Waals surface area contributed by atoms with Crippen molar-refractivity contribution in [2.45, 2.75) is 0 Å². The summed E-state index contributed by atoms with van der Waals surface area (Å²) in [5, 5.41) is 15.7. The van der Waals surface area contributed by atoms with E-state index < -0.39 is 4.92 Å². The van der Waals surface area contributed by atoms with Gasteiger partial charge in [-0.25, -0.2) is 0 Å². The van der Waals surface area contributed by atoms with E-state index in [0.29, 0.717) is 0 Å². The van der Waals surface area contributed by atoms with E-state index in [-0.39, 0.29) is 5.82 Å². The smallest absolute Gasteiger partial charge is 0.358 e. The van der Waals surface area contributed by atoms with Crippen LogP contribution in [0.2, 0.25) is 0 Å². The van der Waals surface area contributed by atoms with Crippen LogP contribution in [-0.4, -0.2) is 29.3 Å². The molecule has 1 heterocycles. The highest BCUT2D eigenvalue weighted by Gasteiger charge is 2.08. The standard InChI is InChI=1S/C2HN3O3.C2H8N2/c6-5(7)2-1-3-8-4-2;1-3-4-2/h1H;3-4H,1-2H3. The van der Waals surface area contributed by atoms with Crippen molar-refractivity contribution < 1.29 is 9.55 Å². The van der Waals surface area contributed by atoms with E-state index in [0.717, 1.165) is 6.20 Å². The lowest BCUT2D eigenvalue weighted by atomic mass is 10.8. The number of hydrogen-bond acceptors (Lipinski definition) is 7. The number of hydrazine groups is 1. The Hall–Kier alpha value is -1.54. The fraction of sp³-hybridized carbons (Fsp3) is 0.500. The molecule has 12 heavy (non-hydrogen) atoms. The molecule has 0 amide bonds. The second kappa shape index (κ2) is 6.19. The van der Waals surface area contributed by atoms with Crippen LogP contribution in [0.4, 0.5) is 5.82 Å². The molecule has 0 spiro atoms. The normalized spacial score (nSPS) is 8.50. The van der Waals surface area contributed by atoms with Gasteiger partial charge in [0.25, 0.3) is 0 Å². The highest BCUT2D eigenvalue weighted by atomic mass is 16.6. The van der Waals surface area contributed by atoms with E-state index in [1.54, 1.807) is 0 Å². The fourth-order valence-electron chi connectivity index (χ4n) is 0.240. The Morgan fingerprint density at radius 2 is 2.17 bits per heavy atom. The Labute approximate surface area is 68.0 Å². The molecule has 1 aromatic rings. The van der Waals surface area contributed by atoms with E-state index in [4.69, 9.17) is 0 Å². The number of nitro groups is 1. The van der Waals surface area contributed by atoms with Gasteiger partial charge in [0.2, 0.25) is 0 Å². The highest BCUT2D eigenvalue weighted by Crippen LogP contribution is 1.99. The summed E-state index contributed by atoms with van der Waals surface area (Å²) in [6, 6.07) is 0. The van der Waals surface area contributed by atoms with Gasteiger partial charge in [0, 0.05) is 0 Å². The van der Waals surface area contributed by atoms with Crippen LogP contribution in [0.3, 0.4) is 0 Å². The SMILES string of the molecule is CNNC.O=[N+]([O-])c1cnon1. The number of nitrogens with zero attached hydrogens (tertiary/aromatic N) is 3. The maximum atomic E-state index is 9.71. The van der Waals surface area contributed by atoms with Gasteiger partial charge in [-0.15, -0.1) is 4.63 Å². The number of nitrogens with one attached hydrogen (secondary N) is 2. The van der Waals surface area contributed by atoms with E-state index in [2.05, 4.69) is 25.8 Å². The predicted octanol–water partition coefficient (Wildman–Crippen LogP) is -0.682. The second-order valence-corrected chi connectivity index (χ2v) is 1.52. The zero-order valence-electron chi connectivity index (χ0n) is 6.64. The lowest BCUT2D eigenvalue weighted by molar-refractivity contribution is -0.390. The van der Waals surface area contributed by atoms with Crippen molar-refractivity contribution in [2.24, 2.45) is 0 Å². The minimum Gasteiger partial charge on any atom is -0.358 e. The molecule has 1 aromatic heterocycles. The molecule has 0 aliphatic rings. The van der Waals surface area contributed by atoms with Crippen LogP contribution in [0.25, 0.3) is 0 Å². The van der Waals surface area contributed by atoms with Crippen LogP contribution in [0.5, 0.6) is 0 Å². The summed E-state index contributed by atoms with van der Waals surface area (Å²) in [6.45, 7) is 0. The third-order valence-electron chi connectivity index (χ3n) is 0.787. The van der Waals surface area contributed by atoms with Crippen molar-refractivity contribution in [1.29, 1.82) is 0 Å². The molecule has 0 bridgehead atoms. The minimum atomic E-state index is -0.684. The van der Waals surface area contributed by atoms with Crippen LogP contribution < -0.4 is 10.9 Å². The first kappa shape index (κ1) is 10.5. The fourth-order valence-corrected chi connectivity index (χ4v) is 0.240. The van der Waals surface area contributed by atoms with Gasteiger partial charge in [-0.1, -0.05) is 0 Å². The quantitative estimate of drug-likeness (QED) is 0.453. The van der Waals surface area contributed by atoms with E-state index in [1.165, 1.54) is 0 Å². The lowest BCUT2D eigenvalue weighted by Crippen LogP contribution is -2.21. The molecule has 8 heteroatoms. The minimum absolute atomic E-state index is 0.370. The maximum Gasteiger partial charge on any atom is 0.434 e. The Morgan fingerprint density at radius 3 is 2.33 bits per heavy atom. The molecular weight excluding hydrogens is 166 g/mol. The van der Waals surface area contributed by atoms with Gasteiger partial charge in [0.1, 0.15) is 0 Å². The molecule has 0 saturated heterocycles. The van der Waals surface area contributed by atoms with Gasteiger partial charge in [-0.3, -0.25) is 10.9 Å². The monoisotopic (exact) mass is 175 g/mol. The van der Waals surface area contributed by atoms with Crippen LogP contribution in [0.15, 0.2) is 10.8 Å². The second-order valence-electron chi connectivity index (χ2n) is 1.52. The molecule has 1 rings (SSSR count). The van der Waals surface area contributed by atoms with Gasteiger partial charge in [-0.2, -0.15) is 0 Å².